The topological polar surface area (TPSA) is 87.2 Å². The third-order valence-corrected chi connectivity index (χ3v) is 3.22. The van der Waals surface area contributed by atoms with E-state index in [9.17, 15) is 26.4 Å². The van der Waals surface area contributed by atoms with Crippen molar-refractivity contribution in [1.29, 1.82) is 0 Å². The summed E-state index contributed by atoms with van der Waals surface area (Å²) >= 11 is 0. The first kappa shape index (κ1) is 13.4. The van der Waals surface area contributed by atoms with Crippen LogP contribution >= 0.6 is 0 Å². The standard InChI is InChI=1S/C7H9F3N2O5S/c8-7(9,10)5-2-1-4-3-11(5)6(13)12(4)17-18(14,15)16/h4-5H,1-3H2,(H,14,15,16). The van der Waals surface area contributed by atoms with Crippen LogP contribution in [0.5, 0.6) is 0 Å². The minimum atomic E-state index is -4.93. The molecule has 7 nitrogen and oxygen atoms in total. The number of hydrogen-bond acceptors (Lipinski definition) is 4. The molecule has 2 aliphatic rings. The average molecular weight is 290 g/mol. The second-order valence-electron chi connectivity index (χ2n) is 4.05. The van der Waals surface area contributed by atoms with E-state index >= 15 is 0 Å². The van der Waals surface area contributed by atoms with E-state index in [-0.39, 0.29) is 24.4 Å². The van der Waals surface area contributed by atoms with Crippen LogP contribution in [0.25, 0.3) is 0 Å². The summed E-state index contributed by atoms with van der Waals surface area (Å²) in [6.45, 7) is -0.279. The molecule has 2 amide bonds. The largest absolute Gasteiger partial charge is 0.418 e. The molecule has 0 aromatic heterocycles. The van der Waals surface area contributed by atoms with Gasteiger partial charge in [0.05, 0.1) is 6.04 Å². The molecule has 0 radical (unpaired) electrons. The summed E-state index contributed by atoms with van der Waals surface area (Å²) in [4.78, 5) is 12.1. The van der Waals surface area contributed by atoms with Crippen LogP contribution in [0.4, 0.5) is 18.0 Å². The van der Waals surface area contributed by atoms with Gasteiger partial charge in [0, 0.05) is 6.54 Å². The third-order valence-electron chi connectivity index (χ3n) is 2.88. The van der Waals surface area contributed by atoms with E-state index in [0.717, 1.165) is 0 Å². The first-order chi connectivity index (χ1) is 8.09. The molecule has 2 heterocycles. The van der Waals surface area contributed by atoms with Crippen molar-refractivity contribution in [3.8, 4) is 0 Å². The Hall–Kier alpha value is -1.07. The molecular formula is C7H9F3N2O5S. The van der Waals surface area contributed by atoms with Crippen molar-refractivity contribution >= 4 is 16.4 Å². The number of urea groups is 1. The van der Waals surface area contributed by atoms with Crippen molar-refractivity contribution in [3.05, 3.63) is 0 Å². The van der Waals surface area contributed by atoms with Crippen molar-refractivity contribution in [2.24, 2.45) is 0 Å². The van der Waals surface area contributed by atoms with Crippen LogP contribution in [0, 0.1) is 0 Å². The Labute approximate surface area is 100 Å². The van der Waals surface area contributed by atoms with Gasteiger partial charge in [0.15, 0.2) is 0 Å². The van der Waals surface area contributed by atoms with Crippen LogP contribution < -0.4 is 0 Å². The molecule has 0 saturated carbocycles. The van der Waals surface area contributed by atoms with E-state index in [1.165, 1.54) is 0 Å². The Balaban J connectivity index is 2.20. The maximum atomic E-state index is 12.6. The van der Waals surface area contributed by atoms with Crippen molar-refractivity contribution in [2.45, 2.75) is 31.1 Å². The second kappa shape index (κ2) is 3.96. The van der Waals surface area contributed by atoms with Gasteiger partial charge in [0.1, 0.15) is 6.04 Å². The molecule has 0 aromatic rings. The van der Waals surface area contributed by atoms with Gasteiger partial charge in [-0.05, 0) is 12.8 Å². The molecule has 2 bridgehead atoms. The van der Waals surface area contributed by atoms with Gasteiger partial charge >= 0.3 is 22.6 Å². The number of carbonyl (C=O) groups is 1. The van der Waals surface area contributed by atoms with Gasteiger partial charge < -0.3 is 4.90 Å². The van der Waals surface area contributed by atoms with Gasteiger partial charge in [0.25, 0.3) is 0 Å². The Morgan fingerprint density at radius 3 is 2.44 bits per heavy atom. The van der Waals surface area contributed by atoms with Crippen LogP contribution in [0.1, 0.15) is 12.8 Å². The molecule has 104 valence electrons. The minimum absolute atomic E-state index is 0.0536. The number of alkyl halides is 3. The fourth-order valence-electron chi connectivity index (χ4n) is 2.17. The fourth-order valence-corrected chi connectivity index (χ4v) is 2.56. The Morgan fingerprint density at radius 1 is 1.33 bits per heavy atom. The number of rotatable bonds is 2. The van der Waals surface area contributed by atoms with Gasteiger partial charge in [0.2, 0.25) is 0 Å². The molecule has 0 aliphatic carbocycles. The Bertz CT molecular complexity index is 464. The van der Waals surface area contributed by atoms with Crippen molar-refractivity contribution in [1.82, 2.24) is 9.96 Å². The maximum Gasteiger partial charge on any atom is 0.418 e. The Morgan fingerprint density at radius 2 is 1.94 bits per heavy atom. The molecule has 11 heteroatoms. The zero-order chi connectivity index (χ0) is 13.7. The molecule has 0 aromatic carbocycles. The van der Waals surface area contributed by atoms with E-state index < -0.39 is 34.7 Å². The van der Waals surface area contributed by atoms with Gasteiger partial charge in [-0.15, -0.1) is 4.28 Å². The smallest absolute Gasteiger partial charge is 0.309 e. The van der Waals surface area contributed by atoms with Gasteiger partial charge in [-0.2, -0.15) is 26.7 Å². The number of amides is 2. The summed E-state index contributed by atoms with van der Waals surface area (Å²) in [5, 5.41) is 0.279. The van der Waals surface area contributed by atoms with Crippen LogP contribution in [0.2, 0.25) is 0 Å². The first-order valence-electron chi connectivity index (χ1n) is 4.93. The summed E-state index contributed by atoms with van der Waals surface area (Å²) in [6, 6.07) is -3.97. The molecule has 2 saturated heterocycles. The van der Waals surface area contributed by atoms with Gasteiger partial charge in [-0.1, -0.05) is 0 Å². The third kappa shape index (κ3) is 2.37. The van der Waals surface area contributed by atoms with Gasteiger partial charge in [-0.3, -0.25) is 4.55 Å². The second-order valence-corrected chi connectivity index (χ2v) is 5.06. The van der Waals surface area contributed by atoms with Crippen LogP contribution in [-0.2, 0) is 14.7 Å². The molecule has 2 atom stereocenters. The molecule has 2 fully saturated rings. The van der Waals surface area contributed by atoms with E-state index in [1.807, 2.05) is 0 Å². The number of hydrogen-bond donors (Lipinski definition) is 1. The van der Waals surface area contributed by atoms with Crippen molar-refractivity contribution in [2.75, 3.05) is 6.54 Å². The number of hydroxylamine groups is 2. The minimum Gasteiger partial charge on any atom is -0.309 e. The summed E-state index contributed by atoms with van der Waals surface area (Å²) in [7, 11) is -4.93. The summed E-state index contributed by atoms with van der Waals surface area (Å²) in [5.74, 6) is 0. The fraction of sp³-hybridized carbons (Fsp3) is 0.857. The molecule has 0 spiro atoms. The molecule has 2 unspecified atom stereocenters. The highest BCUT2D eigenvalue weighted by Crippen LogP contribution is 2.38. The lowest BCUT2D eigenvalue weighted by molar-refractivity contribution is -0.179. The van der Waals surface area contributed by atoms with E-state index in [4.69, 9.17) is 4.55 Å². The summed E-state index contributed by atoms with van der Waals surface area (Å²) in [5.41, 5.74) is 0. The lowest BCUT2D eigenvalue weighted by Gasteiger charge is -2.31. The predicted octanol–water partition coefficient (Wildman–Crippen LogP) is 0.552. The lowest BCUT2D eigenvalue weighted by Crippen LogP contribution is -2.48. The average Bonchev–Trinajstić information content (AvgIpc) is 2.40. The lowest BCUT2D eigenvalue weighted by atomic mass is 10.0. The zero-order valence-corrected chi connectivity index (χ0v) is 9.61. The van der Waals surface area contributed by atoms with Crippen molar-refractivity contribution in [3.63, 3.8) is 0 Å². The highest BCUT2D eigenvalue weighted by atomic mass is 32.3. The number of nitrogens with zero attached hydrogens (tertiary/aromatic N) is 2. The maximum absolute atomic E-state index is 12.6. The predicted molar refractivity (Wildman–Crippen MR) is 49.4 cm³/mol. The normalized spacial score (nSPS) is 29.0. The van der Waals surface area contributed by atoms with Crippen molar-refractivity contribution < 1.29 is 35.2 Å². The SMILES string of the molecule is O=C1N2CC(CCC2C(F)(F)F)N1OS(=O)(=O)O. The molecule has 1 N–H and O–H groups in total. The van der Waals surface area contributed by atoms with Crippen LogP contribution in [-0.4, -0.2) is 53.8 Å². The number of piperidine rings is 1. The molecular weight excluding hydrogens is 281 g/mol. The van der Waals surface area contributed by atoms with E-state index in [0.29, 0.717) is 4.90 Å². The number of fused-ring (bicyclic) bond motifs is 2. The molecule has 18 heavy (non-hydrogen) atoms. The number of halogens is 3. The molecule has 2 rings (SSSR count). The highest BCUT2D eigenvalue weighted by molar-refractivity contribution is 7.80. The summed E-state index contributed by atoms with van der Waals surface area (Å²) in [6.07, 6.45) is -4.96. The monoisotopic (exact) mass is 290 g/mol. The van der Waals surface area contributed by atoms with E-state index in [1.54, 1.807) is 0 Å². The van der Waals surface area contributed by atoms with Crippen LogP contribution in [0.15, 0.2) is 0 Å². The summed E-state index contributed by atoms with van der Waals surface area (Å²) < 4.78 is 71.3. The van der Waals surface area contributed by atoms with Crippen LogP contribution in [0.3, 0.4) is 0 Å². The van der Waals surface area contributed by atoms with Gasteiger partial charge in [-0.25, -0.2) is 4.79 Å². The number of carbonyl (C=O) groups excluding carboxylic acids is 1. The highest BCUT2D eigenvalue weighted by Gasteiger charge is 2.55. The first-order valence-corrected chi connectivity index (χ1v) is 6.29. The quantitative estimate of drug-likeness (QED) is 0.750. The molecule has 2 aliphatic heterocycles. The zero-order valence-electron chi connectivity index (χ0n) is 8.79. The van der Waals surface area contributed by atoms with E-state index in [2.05, 4.69) is 4.28 Å². The Kier molecular flexibility index (Phi) is 2.94.